The van der Waals surface area contributed by atoms with Crippen molar-refractivity contribution in [2.45, 2.75) is 51.8 Å². The van der Waals surface area contributed by atoms with Gasteiger partial charge in [0.25, 0.3) is 0 Å². The van der Waals surface area contributed by atoms with Gasteiger partial charge in [-0.3, -0.25) is 4.90 Å². The Bertz CT molecular complexity index is 778. The van der Waals surface area contributed by atoms with Gasteiger partial charge in [0.2, 0.25) is 0 Å². The summed E-state index contributed by atoms with van der Waals surface area (Å²) in [4.78, 5) is 7.36. The first kappa shape index (κ1) is 25.6. The van der Waals surface area contributed by atoms with Gasteiger partial charge in [-0.15, -0.1) is 24.0 Å². The van der Waals surface area contributed by atoms with E-state index in [9.17, 15) is 5.11 Å². The summed E-state index contributed by atoms with van der Waals surface area (Å²) in [5.41, 5.74) is 3.61. The first-order valence-corrected chi connectivity index (χ1v) is 11.3. The van der Waals surface area contributed by atoms with Gasteiger partial charge in [0.05, 0.1) is 12.6 Å². The molecule has 5 nitrogen and oxygen atoms in total. The van der Waals surface area contributed by atoms with Gasteiger partial charge in [0.15, 0.2) is 5.96 Å². The highest BCUT2D eigenvalue weighted by Gasteiger charge is 2.12. The predicted molar refractivity (Wildman–Crippen MR) is 140 cm³/mol. The summed E-state index contributed by atoms with van der Waals surface area (Å²) < 4.78 is 0. The lowest BCUT2D eigenvalue weighted by Gasteiger charge is -2.27. The number of benzene rings is 2. The zero-order chi connectivity index (χ0) is 21.0. The van der Waals surface area contributed by atoms with Crippen LogP contribution in [-0.2, 0) is 13.1 Å². The maximum absolute atomic E-state index is 10.4. The van der Waals surface area contributed by atoms with Gasteiger partial charge < -0.3 is 15.7 Å². The second kappa shape index (κ2) is 14.4. The fourth-order valence-electron chi connectivity index (χ4n) is 3.90. The molecule has 1 atom stereocenters. The molecule has 3 N–H and O–H groups in total. The summed E-state index contributed by atoms with van der Waals surface area (Å²) in [6.07, 6.45) is 4.15. The zero-order valence-electron chi connectivity index (χ0n) is 18.6. The van der Waals surface area contributed by atoms with Gasteiger partial charge in [-0.2, -0.15) is 0 Å². The lowest BCUT2D eigenvalue weighted by Crippen LogP contribution is -2.38. The van der Waals surface area contributed by atoms with Crippen LogP contribution >= 0.6 is 24.0 Å². The van der Waals surface area contributed by atoms with Crippen molar-refractivity contribution in [3.8, 4) is 0 Å². The Hall–Kier alpha value is -1.64. The van der Waals surface area contributed by atoms with E-state index >= 15 is 0 Å². The molecule has 1 saturated heterocycles. The first-order chi connectivity index (χ1) is 14.8. The van der Waals surface area contributed by atoms with Crippen LogP contribution in [0.25, 0.3) is 0 Å². The number of aliphatic imine (C=N–C) groups is 1. The number of guanidine groups is 1. The van der Waals surface area contributed by atoms with Crippen LogP contribution in [0.3, 0.4) is 0 Å². The molecular weight excluding hydrogens is 499 g/mol. The normalized spacial score (nSPS) is 15.7. The molecule has 6 heteroatoms. The number of aliphatic hydroxyl groups excluding tert-OH is 1. The summed E-state index contributed by atoms with van der Waals surface area (Å²) in [6, 6.07) is 18.4. The van der Waals surface area contributed by atoms with Crippen molar-refractivity contribution in [1.82, 2.24) is 15.5 Å². The molecule has 31 heavy (non-hydrogen) atoms. The Labute approximate surface area is 204 Å². The van der Waals surface area contributed by atoms with Gasteiger partial charge in [-0.1, -0.05) is 61.0 Å². The quantitative estimate of drug-likeness (QED) is 0.252. The second-order valence-electron chi connectivity index (χ2n) is 7.94. The second-order valence-corrected chi connectivity index (χ2v) is 7.94. The molecule has 170 valence electrons. The van der Waals surface area contributed by atoms with Gasteiger partial charge in [-0.25, -0.2) is 4.99 Å². The van der Waals surface area contributed by atoms with E-state index in [1.54, 1.807) is 0 Å². The molecule has 2 aromatic carbocycles. The minimum Gasteiger partial charge on any atom is -0.388 e. The molecule has 0 saturated carbocycles. The highest BCUT2D eigenvalue weighted by molar-refractivity contribution is 14.0. The molecule has 1 fully saturated rings. The predicted octanol–water partition coefficient (Wildman–Crippen LogP) is 4.47. The highest BCUT2D eigenvalue weighted by Crippen LogP contribution is 2.17. The minimum absolute atomic E-state index is 0. The highest BCUT2D eigenvalue weighted by atomic mass is 127. The van der Waals surface area contributed by atoms with Crippen LogP contribution in [0, 0.1) is 0 Å². The molecule has 1 aliphatic heterocycles. The number of aliphatic hydroxyl groups is 1. The maximum Gasteiger partial charge on any atom is 0.191 e. The van der Waals surface area contributed by atoms with Crippen LogP contribution in [0.5, 0.6) is 0 Å². The number of rotatable bonds is 9. The van der Waals surface area contributed by atoms with Crippen LogP contribution < -0.4 is 10.6 Å². The van der Waals surface area contributed by atoms with Crippen molar-refractivity contribution in [3.63, 3.8) is 0 Å². The van der Waals surface area contributed by atoms with Crippen molar-refractivity contribution in [3.05, 3.63) is 71.3 Å². The van der Waals surface area contributed by atoms with Gasteiger partial charge in [0.1, 0.15) is 0 Å². The van der Waals surface area contributed by atoms with Crippen molar-refractivity contribution in [2.24, 2.45) is 4.99 Å². The topological polar surface area (TPSA) is 59.9 Å². The third kappa shape index (κ3) is 8.79. The molecule has 1 heterocycles. The zero-order valence-corrected chi connectivity index (χ0v) is 20.9. The summed E-state index contributed by atoms with van der Waals surface area (Å²) in [7, 11) is 0. The average molecular weight is 537 g/mol. The Morgan fingerprint density at radius 2 is 1.65 bits per heavy atom. The van der Waals surface area contributed by atoms with Crippen molar-refractivity contribution < 1.29 is 5.11 Å². The fraction of sp³-hybridized carbons (Fsp3) is 0.480. The molecule has 2 aromatic rings. The lowest BCUT2D eigenvalue weighted by molar-refractivity contribution is 0.168. The third-order valence-corrected chi connectivity index (χ3v) is 5.61. The molecule has 0 spiro atoms. The maximum atomic E-state index is 10.4. The number of piperidine rings is 1. The van der Waals surface area contributed by atoms with E-state index in [2.05, 4.69) is 46.7 Å². The van der Waals surface area contributed by atoms with Crippen LogP contribution in [0.1, 0.15) is 55.4 Å². The number of nitrogens with one attached hydrogen (secondary N) is 2. The standard InChI is InChI=1S/C25H36N4O.HI/c1-2-26-25(27-16-15-24(30)21-11-5-3-6-12-21)28-19-22-13-7-8-14-23(22)20-29-17-9-4-10-18-29;/h3,5-8,11-14,24,30H,2,4,9-10,15-20H2,1H3,(H2,26,27,28);1H. The summed E-state index contributed by atoms with van der Waals surface area (Å²) in [5, 5.41) is 17.0. The minimum atomic E-state index is -0.466. The summed E-state index contributed by atoms with van der Waals surface area (Å²) >= 11 is 0. The van der Waals surface area contributed by atoms with Crippen molar-refractivity contribution in [2.75, 3.05) is 26.2 Å². The SMILES string of the molecule is CCNC(=NCc1ccccc1CN1CCCCC1)NCCC(O)c1ccccc1.I. The van der Waals surface area contributed by atoms with Crippen LogP contribution in [0.2, 0.25) is 0 Å². The number of likely N-dealkylation sites (tertiary alicyclic amines) is 1. The lowest BCUT2D eigenvalue weighted by atomic mass is 10.1. The molecule has 0 radical (unpaired) electrons. The number of hydrogen-bond donors (Lipinski definition) is 3. The van der Waals surface area contributed by atoms with Crippen LogP contribution in [0.4, 0.5) is 0 Å². The first-order valence-electron chi connectivity index (χ1n) is 11.3. The number of halogens is 1. The van der Waals surface area contributed by atoms with Gasteiger partial charge in [-0.05, 0) is 56.0 Å². The number of nitrogens with zero attached hydrogens (tertiary/aromatic N) is 2. The molecule has 0 aliphatic carbocycles. The molecular formula is C25H37IN4O. The smallest absolute Gasteiger partial charge is 0.191 e. The van der Waals surface area contributed by atoms with Crippen LogP contribution in [-0.4, -0.2) is 42.1 Å². The largest absolute Gasteiger partial charge is 0.388 e. The van der Waals surface area contributed by atoms with E-state index in [0.29, 0.717) is 19.5 Å². The monoisotopic (exact) mass is 536 g/mol. The third-order valence-electron chi connectivity index (χ3n) is 5.61. The Kier molecular flexibility index (Phi) is 11.9. The van der Waals surface area contributed by atoms with Crippen molar-refractivity contribution in [1.29, 1.82) is 0 Å². The molecule has 1 aliphatic rings. The summed E-state index contributed by atoms with van der Waals surface area (Å²) in [5.74, 6) is 0.797. The van der Waals surface area contributed by atoms with E-state index in [4.69, 9.17) is 4.99 Å². The van der Waals surface area contributed by atoms with Crippen LogP contribution in [0.15, 0.2) is 59.6 Å². The van der Waals surface area contributed by atoms with E-state index in [1.807, 2.05) is 30.3 Å². The van der Waals surface area contributed by atoms with Gasteiger partial charge >= 0.3 is 0 Å². The summed E-state index contributed by atoms with van der Waals surface area (Å²) in [6.45, 7) is 7.61. The molecule has 0 bridgehead atoms. The molecule has 1 unspecified atom stereocenters. The molecule has 0 aromatic heterocycles. The Balaban J connectivity index is 0.00000341. The molecule has 3 rings (SSSR count). The molecule has 0 amide bonds. The van der Waals surface area contributed by atoms with E-state index < -0.39 is 6.10 Å². The van der Waals surface area contributed by atoms with Gasteiger partial charge in [0, 0.05) is 19.6 Å². The van der Waals surface area contributed by atoms with E-state index in [1.165, 1.54) is 43.5 Å². The fourth-order valence-corrected chi connectivity index (χ4v) is 3.90. The Morgan fingerprint density at radius 3 is 2.35 bits per heavy atom. The van der Waals surface area contributed by atoms with E-state index in [0.717, 1.165) is 24.6 Å². The number of hydrogen-bond acceptors (Lipinski definition) is 3. The van der Waals surface area contributed by atoms with Crippen molar-refractivity contribution >= 4 is 29.9 Å². The van der Waals surface area contributed by atoms with E-state index in [-0.39, 0.29) is 24.0 Å². The average Bonchev–Trinajstić information content (AvgIpc) is 2.79. The Morgan fingerprint density at radius 1 is 0.968 bits per heavy atom.